The van der Waals surface area contributed by atoms with E-state index >= 15 is 0 Å². The SMILES string of the molecule is COc1cc(S(=O)(=O)NC(C)(C)C)cc(CO)c1OC. The van der Waals surface area contributed by atoms with Crippen molar-refractivity contribution in [2.24, 2.45) is 0 Å². The van der Waals surface area contributed by atoms with E-state index < -0.39 is 15.6 Å². The van der Waals surface area contributed by atoms with Crippen LogP contribution in [0.15, 0.2) is 17.0 Å². The molecule has 2 N–H and O–H groups in total. The predicted molar refractivity (Wildman–Crippen MR) is 75.5 cm³/mol. The number of hydrogen-bond donors (Lipinski definition) is 2. The van der Waals surface area contributed by atoms with Gasteiger partial charge in [0.2, 0.25) is 10.0 Å². The molecular weight excluding hydrogens is 282 g/mol. The van der Waals surface area contributed by atoms with Gasteiger partial charge >= 0.3 is 0 Å². The van der Waals surface area contributed by atoms with Crippen molar-refractivity contribution in [1.82, 2.24) is 4.72 Å². The van der Waals surface area contributed by atoms with Gasteiger partial charge in [0.05, 0.1) is 25.7 Å². The minimum Gasteiger partial charge on any atom is -0.493 e. The summed E-state index contributed by atoms with van der Waals surface area (Å²) in [6.45, 7) is 4.90. The number of ether oxygens (including phenoxy) is 2. The first-order valence-corrected chi connectivity index (χ1v) is 7.52. The van der Waals surface area contributed by atoms with E-state index in [9.17, 15) is 13.5 Å². The van der Waals surface area contributed by atoms with E-state index in [2.05, 4.69) is 4.72 Å². The number of aliphatic hydroxyl groups excluding tert-OH is 1. The molecule has 0 spiro atoms. The average molecular weight is 303 g/mol. The smallest absolute Gasteiger partial charge is 0.241 e. The zero-order chi connectivity index (χ0) is 15.6. The van der Waals surface area contributed by atoms with Crippen LogP contribution in [-0.2, 0) is 16.6 Å². The molecule has 0 aliphatic rings. The van der Waals surface area contributed by atoms with Crippen LogP contribution in [0.5, 0.6) is 11.5 Å². The highest BCUT2D eigenvalue weighted by Crippen LogP contribution is 2.34. The molecule has 0 unspecified atom stereocenters. The van der Waals surface area contributed by atoms with Gasteiger partial charge in [0.25, 0.3) is 0 Å². The summed E-state index contributed by atoms with van der Waals surface area (Å²) in [5.74, 6) is 0.582. The first-order valence-electron chi connectivity index (χ1n) is 6.04. The van der Waals surface area contributed by atoms with E-state index in [1.54, 1.807) is 20.8 Å². The van der Waals surface area contributed by atoms with Crippen molar-refractivity contribution in [2.45, 2.75) is 37.8 Å². The van der Waals surface area contributed by atoms with Gasteiger partial charge in [-0.05, 0) is 26.8 Å². The molecule has 0 heterocycles. The monoisotopic (exact) mass is 303 g/mol. The van der Waals surface area contributed by atoms with Gasteiger partial charge < -0.3 is 14.6 Å². The Morgan fingerprint density at radius 3 is 2.20 bits per heavy atom. The van der Waals surface area contributed by atoms with Crippen LogP contribution in [0.2, 0.25) is 0 Å². The van der Waals surface area contributed by atoms with Gasteiger partial charge in [-0.25, -0.2) is 13.1 Å². The normalized spacial score (nSPS) is 12.3. The van der Waals surface area contributed by atoms with E-state index in [0.29, 0.717) is 11.3 Å². The lowest BCUT2D eigenvalue weighted by atomic mass is 10.1. The number of hydrogen-bond acceptors (Lipinski definition) is 5. The third kappa shape index (κ3) is 3.84. The lowest BCUT2D eigenvalue weighted by Gasteiger charge is -2.21. The fourth-order valence-electron chi connectivity index (χ4n) is 1.75. The van der Waals surface area contributed by atoms with Crippen molar-refractivity contribution in [1.29, 1.82) is 0 Å². The number of methoxy groups -OCH3 is 2. The first kappa shape index (κ1) is 16.7. The molecule has 0 amide bonds. The lowest BCUT2D eigenvalue weighted by Crippen LogP contribution is -2.40. The highest BCUT2D eigenvalue weighted by atomic mass is 32.2. The molecule has 114 valence electrons. The summed E-state index contributed by atoms with van der Waals surface area (Å²) in [6.07, 6.45) is 0. The number of aliphatic hydroxyl groups is 1. The molecule has 0 saturated heterocycles. The Morgan fingerprint density at radius 1 is 1.20 bits per heavy atom. The van der Waals surface area contributed by atoms with E-state index in [-0.39, 0.29) is 17.3 Å². The van der Waals surface area contributed by atoms with Gasteiger partial charge in [-0.2, -0.15) is 0 Å². The Balaban J connectivity index is 3.40. The van der Waals surface area contributed by atoms with E-state index in [1.807, 2.05) is 0 Å². The van der Waals surface area contributed by atoms with Gasteiger partial charge in [-0.1, -0.05) is 0 Å². The Kier molecular flexibility index (Phi) is 5.01. The quantitative estimate of drug-likeness (QED) is 0.856. The van der Waals surface area contributed by atoms with Crippen molar-refractivity contribution in [3.8, 4) is 11.5 Å². The molecule has 0 aromatic heterocycles. The van der Waals surface area contributed by atoms with Gasteiger partial charge in [-0.3, -0.25) is 0 Å². The van der Waals surface area contributed by atoms with Crippen LogP contribution in [0.4, 0.5) is 0 Å². The summed E-state index contributed by atoms with van der Waals surface area (Å²) in [5.41, 5.74) is -0.258. The molecule has 0 bridgehead atoms. The zero-order valence-electron chi connectivity index (χ0n) is 12.4. The van der Waals surface area contributed by atoms with Crippen molar-refractivity contribution in [2.75, 3.05) is 14.2 Å². The molecule has 0 aliphatic carbocycles. The molecule has 0 saturated carbocycles. The van der Waals surface area contributed by atoms with Crippen molar-refractivity contribution in [3.05, 3.63) is 17.7 Å². The third-order valence-corrected chi connectivity index (χ3v) is 4.19. The topological polar surface area (TPSA) is 84.9 Å². The molecule has 1 rings (SSSR count). The second-order valence-corrected chi connectivity index (χ2v) is 7.01. The summed E-state index contributed by atoms with van der Waals surface area (Å²) in [7, 11) is -0.866. The van der Waals surface area contributed by atoms with Crippen molar-refractivity contribution in [3.63, 3.8) is 0 Å². The summed E-state index contributed by atoms with van der Waals surface area (Å²) in [5, 5.41) is 9.34. The molecule has 20 heavy (non-hydrogen) atoms. The Hall–Kier alpha value is -1.31. The molecule has 0 radical (unpaired) electrons. The van der Waals surface area contributed by atoms with E-state index in [0.717, 1.165) is 0 Å². The Bertz CT molecular complexity index is 550. The van der Waals surface area contributed by atoms with Gasteiger partial charge in [0.1, 0.15) is 0 Å². The highest BCUT2D eigenvalue weighted by molar-refractivity contribution is 7.89. The van der Waals surface area contributed by atoms with Crippen LogP contribution in [0, 0.1) is 0 Å². The second-order valence-electron chi connectivity index (χ2n) is 5.33. The third-order valence-electron chi connectivity index (χ3n) is 2.45. The molecule has 7 heteroatoms. The summed E-state index contributed by atoms with van der Waals surface area (Å²) in [4.78, 5) is 0.0223. The second kappa shape index (κ2) is 5.99. The van der Waals surface area contributed by atoms with Crippen molar-refractivity contribution >= 4 is 10.0 Å². The van der Waals surface area contributed by atoms with Crippen LogP contribution in [0.3, 0.4) is 0 Å². The number of rotatable bonds is 5. The highest BCUT2D eigenvalue weighted by Gasteiger charge is 2.24. The minimum atomic E-state index is -3.70. The zero-order valence-corrected chi connectivity index (χ0v) is 13.2. The number of nitrogens with one attached hydrogen (secondary N) is 1. The van der Waals surface area contributed by atoms with Crippen LogP contribution >= 0.6 is 0 Å². The van der Waals surface area contributed by atoms with E-state index in [1.165, 1.54) is 26.4 Å². The maximum atomic E-state index is 12.3. The average Bonchev–Trinajstić information content (AvgIpc) is 2.33. The van der Waals surface area contributed by atoms with Gasteiger partial charge in [-0.15, -0.1) is 0 Å². The molecule has 6 nitrogen and oxygen atoms in total. The Morgan fingerprint density at radius 2 is 1.80 bits per heavy atom. The lowest BCUT2D eigenvalue weighted by molar-refractivity contribution is 0.269. The van der Waals surface area contributed by atoms with Crippen LogP contribution in [0.1, 0.15) is 26.3 Å². The molecular formula is C13H21NO5S. The van der Waals surface area contributed by atoms with Crippen LogP contribution < -0.4 is 14.2 Å². The van der Waals surface area contributed by atoms with Crippen LogP contribution in [-0.4, -0.2) is 33.3 Å². The number of sulfonamides is 1. The summed E-state index contributed by atoms with van der Waals surface area (Å²) < 4.78 is 37.4. The fraction of sp³-hybridized carbons (Fsp3) is 0.538. The standard InChI is InChI=1S/C13H21NO5S/c1-13(2,3)14-20(16,17)10-6-9(8-15)12(19-5)11(7-10)18-4/h6-7,14-15H,8H2,1-5H3. The fourth-order valence-corrected chi connectivity index (χ4v) is 3.23. The van der Waals surface area contributed by atoms with Gasteiger partial charge in [0, 0.05) is 17.2 Å². The maximum Gasteiger partial charge on any atom is 0.241 e. The Labute approximate surface area is 119 Å². The van der Waals surface area contributed by atoms with Crippen molar-refractivity contribution < 1.29 is 23.0 Å². The molecule has 1 aromatic carbocycles. The van der Waals surface area contributed by atoms with Gasteiger partial charge in [0.15, 0.2) is 11.5 Å². The summed E-state index contributed by atoms with van der Waals surface area (Å²) >= 11 is 0. The molecule has 0 aliphatic heterocycles. The predicted octanol–water partition coefficient (Wildman–Crippen LogP) is 1.27. The molecule has 0 fully saturated rings. The van der Waals surface area contributed by atoms with Crippen LogP contribution in [0.25, 0.3) is 0 Å². The first-order chi connectivity index (χ1) is 9.14. The number of benzene rings is 1. The minimum absolute atomic E-state index is 0.0223. The van der Waals surface area contributed by atoms with E-state index in [4.69, 9.17) is 9.47 Å². The summed E-state index contributed by atoms with van der Waals surface area (Å²) in [6, 6.07) is 2.74. The largest absolute Gasteiger partial charge is 0.493 e. The molecule has 0 atom stereocenters. The maximum absolute atomic E-state index is 12.3. The molecule has 1 aromatic rings.